The Morgan fingerprint density at radius 2 is 1.85 bits per heavy atom. The second-order valence-corrected chi connectivity index (χ2v) is 7.50. The fourth-order valence-corrected chi connectivity index (χ4v) is 3.07. The van der Waals surface area contributed by atoms with Crippen LogP contribution in [0.2, 0.25) is 0 Å². The summed E-state index contributed by atoms with van der Waals surface area (Å²) in [6.45, 7) is 3.54. The molecule has 0 saturated heterocycles. The van der Waals surface area contributed by atoms with Gasteiger partial charge in [0, 0.05) is 23.1 Å². The van der Waals surface area contributed by atoms with Crippen molar-refractivity contribution in [3.8, 4) is 11.1 Å². The number of hydrogen-bond acceptors (Lipinski definition) is 3. The Labute approximate surface area is 152 Å². The third-order valence-corrected chi connectivity index (χ3v) is 4.86. The number of fused-ring (bicyclic) bond motifs is 1. The summed E-state index contributed by atoms with van der Waals surface area (Å²) in [5.41, 5.74) is 3.67. The molecular formula is C22H22N2O2. The number of nitrogens with one attached hydrogen (secondary N) is 1. The van der Waals surface area contributed by atoms with Gasteiger partial charge in [0.25, 0.3) is 0 Å². The van der Waals surface area contributed by atoms with Crippen molar-refractivity contribution in [2.45, 2.75) is 32.3 Å². The van der Waals surface area contributed by atoms with E-state index in [-0.39, 0.29) is 11.8 Å². The van der Waals surface area contributed by atoms with E-state index in [0.717, 1.165) is 46.1 Å². The highest BCUT2D eigenvalue weighted by Crippen LogP contribution is 2.33. The topological polar surface area (TPSA) is 62.2 Å². The van der Waals surface area contributed by atoms with E-state index >= 15 is 0 Å². The van der Waals surface area contributed by atoms with Gasteiger partial charge in [-0.3, -0.25) is 9.78 Å². The summed E-state index contributed by atoms with van der Waals surface area (Å²) in [5, 5.41) is 14.1. The number of rotatable bonds is 4. The quantitative estimate of drug-likeness (QED) is 0.732. The molecule has 1 aliphatic rings. The molecule has 26 heavy (non-hydrogen) atoms. The second kappa shape index (κ2) is 6.22. The van der Waals surface area contributed by atoms with Crippen LogP contribution in [0.5, 0.6) is 0 Å². The molecule has 132 valence electrons. The van der Waals surface area contributed by atoms with Gasteiger partial charge in [-0.15, -0.1) is 0 Å². The predicted molar refractivity (Wildman–Crippen MR) is 104 cm³/mol. The minimum atomic E-state index is -0.861. The van der Waals surface area contributed by atoms with E-state index < -0.39 is 5.60 Å². The van der Waals surface area contributed by atoms with E-state index in [1.807, 2.05) is 48.7 Å². The van der Waals surface area contributed by atoms with Crippen LogP contribution in [0.25, 0.3) is 22.0 Å². The SMILES string of the molecule is CC(C)(O)c1ccc(-c2cnc3cccc(NC(=O)C4CC4)c3c2)cc1. The van der Waals surface area contributed by atoms with E-state index in [1.54, 1.807) is 13.8 Å². The van der Waals surface area contributed by atoms with Gasteiger partial charge in [-0.05, 0) is 56.0 Å². The first kappa shape index (κ1) is 16.7. The monoisotopic (exact) mass is 346 g/mol. The van der Waals surface area contributed by atoms with Crippen molar-refractivity contribution >= 4 is 22.5 Å². The summed E-state index contributed by atoms with van der Waals surface area (Å²) in [6.07, 6.45) is 3.80. The molecule has 4 rings (SSSR count). The van der Waals surface area contributed by atoms with Crippen LogP contribution in [0.15, 0.2) is 54.7 Å². The lowest BCUT2D eigenvalue weighted by molar-refractivity contribution is -0.117. The van der Waals surface area contributed by atoms with Crippen LogP contribution in [0, 0.1) is 5.92 Å². The van der Waals surface area contributed by atoms with Crippen LogP contribution in [0.3, 0.4) is 0 Å². The molecule has 1 amide bonds. The summed E-state index contributed by atoms with van der Waals surface area (Å²) in [4.78, 5) is 16.7. The molecular weight excluding hydrogens is 324 g/mol. The van der Waals surface area contributed by atoms with E-state index in [9.17, 15) is 9.90 Å². The molecule has 1 saturated carbocycles. The van der Waals surface area contributed by atoms with Crippen molar-refractivity contribution in [2.24, 2.45) is 5.92 Å². The number of pyridine rings is 1. The molecule has 4 nitrogen and oxygen atoms in total. The Morgan fingerprint density at radius 3 is 2.50 bits per heavy atom. The fraction of sp³-hybridized carbons (Fsp3) is 0.273. The highest BCUT2D eigenvalue weighted by Gasteiger charge is 2.29. The number of hydrogen-bond donors (Lipinski definition) is 2. The van der Waals surface area contributed by atoms with Gasteiger partial charge in [0.2, 0.25) is 5.91 Å². The first-order valence-electron chi connectivity index (χ1n) is 8.95. The highest BCUT2D eigenvalue weighted by molar-refractivity contribution is 6.03. The minimum Gasteiger partial charge on any atom is -0.386 e. The van der Waals surface area contributed by atoms with E-state index in [0.29, 0.717) is 0 Å². The zero-order chi connectivity index (χ0) is 18.3. The van der Waals surface area contributed by atoms with Crippen molar-refractivity contribution in [2.75, 3.05) is 5.32 Å². The van der Waals surface area contributed by atoms with Crippen molar-refractivity contribution in [3.63, 3.8) is 0 Å². The highest BCUT2D eigenvalue weighted by atomic mass is 16.3. The summed E-state index contributed by atoms with van der Waals surface area (Å²) >= 11 is 0. The Kier molecular flexibility index (Phi) is 4.00. The maximum absolute atomic E-state index is 12.1. The van der Waals surface area contributed by atoms with Crippen molar-refractivity contribution in [3.05, 3.63) is 60.3 Å². The molecule has 1 aliphatic carbocycles. The average Bonchev–Trinajstić information content (AvgIpc) is 3.46. The normalized spacial score (nSPS) is 14.4. The van der Waals surface area contributed by atoms with E-state index in [1.165, 1.54) is 0 Å². The number of amides is 1. The number of benzene rings is 2. The number of aliphatic hydroxyl groups is 1. The number of anilines is 1. The van der Waals surface area contributed by atoms with Crippen molar-refractivity contribution < 1.29 is 9.90 Å². The zero-order valence-corrected chi connectivity index (χ0v) is 15.0. The van der Waals surface area contributed by atoms with Gasteiger partial charge >= 0.3 is 0 Å². The molecule has 0 bridgehead atoms. The zero-order valence-electron chi connectivity index (χ0n) is 15.0. The van der Waals surface area contributed by atoms with Gasteiger partial charge in [0.1, 0.15) is 0 Å². The van der Waals surface area contributed by atoms with Crippen LogP contribution in [0.4, 0.5) is 5.69 Å². The molecule has 0 radical (unpaired) electrons. The van der Waals surface area contributed by atoms with Crippen LogP contribution in [-0.2, 0) is 10.4 Å². The molecule has 4 heteroatoms. The van der Waals surface area contributed by atoms with Crippen LogP contribution in [0.1, 0.15) is 32.3 Å². The van der Waals surface area contributed by atoms with E-state index in [4.69, 9.17) is 0 Å². The lowest BCUT2D eigenvalue weighted by Gasteiger charge is -2.18. The smallest absolute Gasteiger partial charge is 0.227 e. The molecule has 2 N–H and O–H groups in total. The third kappa shape index (κ3) is 3.33. The molecule has 1 aromatic heterocycles. The van der Waals surface area contributed by atoms with Gasteiger partial charge in [-0.25, -0.2) is 0 Å². The Hall–Kier alpha value is -2.72. The van der Waals surface area contributed by atoms with Gasteiger partial charge < -0.3 is 10.4 Å². The van der Waals surface area contributed by atoms with Crippen LogP contribution in [-0.4, -0.2) is 16.0 Å². The molecule has 0 aliphatic heterocycles. The minimum absolute atomic E-state index is 0.0948. The molecule has 2 aromatic carbocycles. The molecule has 3 aromatic rings. The fourth-order valence-electron chi connectivity index (χ4n) is 3.07. The Balaban J connectivity index is 1.71. The van der Waals surface area contributed by atoms with E-state index in [2.05, 4.69) is 16.4 Å². The predicted octanol–water partition coefficient (Wildman–Crippen LogP) is 4.48. The van der Waals surface area contributed by atoms with Crippen LogP contribution >= 0.6 is 0 Å². The Bertz CT molecular complexity index is 968. The van der Waals surface area contributed by atoms with Crippen LogP contribution < -0.4 is 5.32 Å². The molecule has 0 atom stereocenters. The number of carbonyl (C=O) groups is 1. The second-order valence-electron chi connectivity index (χ2n) is 7.50. The first-order valence-corrected chi connectivity index (χ1v) is 8.95. The van der Waals surface area contributed by atoms with Gasteiger partial charge in [-0.2, -0.15) is 0 Å². The number of carbonyl (C=O) groups excluding carboxylic acids is 1. The maximum Gasteiger partial charge on any atom is 0.227 e. The molecule has 1 fully saturated rings. The van der Waals surface area contributed by atoms with Crippen molar-refractivity contribution in [1.29, 1.82) is 0 Å². The van der Waals surface area contributed by atoms with Gasteiger partial charge in [0.15, 0.2) is 0 Å². The molecule has 0 unspecified atom stereocenters. The number of aromatic nitrogens is 1. The summed E-state index contributed by atoms with van der Waals surface area (Å²) in [6, 6.07) is 15.7. The average molecular weight is 346 g/mol. The summed E-state index contributed by atoms with van der Waals surface area (Å²) in [5.74, 6) is 0.258. The third-order valence-electron chi connectivity index (χ3n) is 4.86. The lowest BCUT2D eigenvalue weighted by Crippen LogP contribution is -2.14. The summed E-state index contributed by atoms with van der Waals surface area (Å²) < 4.78 is 0. The van der Waals surface area contributed by atoms with Crippen molar-refractivity contribution in [1.82, 2.24) is 4.98 Å². The Morgan fingerprint density at radius 1 is 1.12 bits per heavy atom. The summed E-state index contributed by atoms with van der Waals surface area (Å²) in [7, 11) is 0. The standard InChI is InChI=1S/C22H22N2O2/c1-22(2,26)17-10-8-14(9-11-17)16-12-18-19(23-13-16)4-3-5-20(18)24-21(25)15-6-7-15/h3-5,8-13,15,26H,6-7H2,1-2H3,(H,24,25). The lowest BCUT2D eigenvalue weighted by atomic mass is 9.95. The molecule has 0 spiro atoms. The number of nitrogens with zero attached hydrogens (tertiary/aromatic N) is 1. The van der Waals surface area contributed by atoms with Gasteiger partial charge in [-0.1, -0.05) is 30.3 Å². The molecule has 1 heterocycles. The van der Waals surface area contributed by atoms with Gasteiger partial charge in [0.05, 0.1) is 16.8 Å². The first-order chi connectivity index (χ1) is 12.4. The maximum atomic E-state index is 12.1. The largest absolute Gasteiger partial charge is 0.386 e.